The van der Waals surface area contributed by atoms with Gasteiger partial charge in [-0.15, -0.1) is 0 Å². The molecule has 0 saturated heterocycles. The molecular formula is C21H30O3. The van der Waals surface area contributed by atoms with Crippen LogP contribution in [0.2, 0.25) is 0 Å². The van der Waals surface area contributed by atoms with Crippen molar-refractivity contribution in [1.29, 1.82) is 0 Å². The highest BCUT2D eigenvalue weighted by Crippen LogP contribution is 2.28. The van der Waals surface area contributed by atoms with Crippen LogP contribution in [0.4, 0.5) is 0 Å². The number of hydrogen-bond acceptors (Lipinski definition) is 3. The minimum absolute atomic E-state index is 0.0202. The average Bonchev–Trinajstić information content (AvgIpc) is 2.59. The van der Waals surface area contributed by atoms with Crippen LogP contribution in [0.5, 0.6) is 0 Å². The largest absolute Gasteiger partial charge is 0.462 e. The van der Waals surface area contributed by atoms with Crippen LogP contribution in [0, 0.1) is 6.92 Å². The highest BCUT2D eigenvalue weighted by Gasteiger charge is 2.19. The van der Waals surface area contributed by atoms with Gasteiger partial charge >= 0.3 is 5.97 Å². The standard InChI is InChI=1S/C21H30O3/c1-3-4-5-15-23-16-14-21(22)24-20-12-10-19(11-13-20)18-8-6-17(2)7-9-18/h6-10,20H,3-5,11-16H2,1-2H3. The molecule has 0 aliphatic heterocycles. The van der Waals surface area contributed by atoms with Crippen LogP contribution in [0.15, 0.2) is 30.3 Å². The molecule has 0 amide bonds. The van der Waals surface area contributed by atoms with Crippen molar-refractivity contribution in [2.75, 3.05) is 13.2 Å². The zero-order valence-electron chi connectivity index (χ0n) is 15.1. The smallest absolute Gasteiger partial charge is 0.308 e. The zero-order valence-corrected chi connectivity index (χ0v) is 15.1. The van der Waals surface area contributed by atoms with Gasteiger partial charge in [-0.1, -0.05) is 55.7 Å². The number of allylic oxidation sites excluding steroid dienone is 1. The Balaban J connectivity index is 1.66. The fraction of sp³-hybridized carbons (Fsp3) is 0.571. The highest BCUT2D eigenvalue weighted by atomic mass is 16.5. The van der Waals surface area contributed by atoms with E-state index in [1.165, 1.54) is 29.5 Å². The van der Waals surface area contributed by atoms with Crippen LogP contribution in [-0.2, 0) is 14.3 Å². The minimum Gasteiger partial charge on any atom is -0.462 e. The van der Waals surface area contributed by atoms with E-state index in [4.69, 9.17) is 9.47 Å². The molecule has 1 aliphatic carbocycles. The fourth-order valence-corrected chi connectivity index (χ4v) is 2.90. The maximum Gasteiger partial charge on any atom is 0.308 e. The predicted molar refractivity (Wildman–Crippen MR) is 97.8 cm³/mol. The molecule has 0 radical (unpaired) electrons. The van der Waals surface area contributed by atoms with Gasteiger partial charge in [-0.2, -0.15) is 0 Å². The first-order valence-electron chi connectivity index (χ1n) is 9.22. The van der Waals surface area contributed by atoms with Gasteiger partial charge in [-0.25, -0.2) is 0 Å². The number of ether oxygens (including phenoxy) is 2. The normalized spacial score (nSPS) is 17.4. The Morgan fingerprint density at radius 2 is 1.96 bits per heavy atom. The van der Waals surface area contributed by atoms with Crippen LogP contribution in [0.25, 0.3) is 5.57 Å². The molecule has 0 bridgehead atoms. The summed E-state index contributed by atoms with van der Waals surface area (Å²) in [6.07, 6.45) is 8.72. The van der Waals surface area contributed by atoms with Gasteiger partial charge in [0, 0.05) is 13.0 Å². The third kappa shape index (κ3) is 6.48. The maximum atomic E-state index is 11.9. The second-order valence-electron chi connectivity index (χ2n) is 6.55. The number of rotatable bonds is 9. The zero-order chi connectivity index (χ0) is 17.2. The number of hydrogen-bond donors (Lipinski definition) is 0. The van der Waals surface area contributed by atoms with E-state index in [2.05, 4.69) is 44.2 Å². The maximum absolute atomic E-state index is 11.9. The molecule has 1 aromatic rings. The summed E-state index contributed by atoms with van der Waals surface area (Å²) in [6.45, 7) is 5.48. The van der Waals surface area contributed by atoms with Gasteiger partial charge in [0.05, 0.1) is 13.0 Å². The summed E-state index contributed by atoms with van der Waals surface area (Å²) in [6, 6.07) is 8.62. The Hall–Kier alpha value is -1.61. The van der Waals surface area contributed by atoms with E-state index in [0.717, 1.165) is 32.3 Å². The Morgan fingerprint density at radius 1 is 1.17 bits per heavy atom. The van der Waals surface area contributed by atoms with Gasteiger partial charge in [0.1, 0.15) is 6.10 Å². The lowest BCUT2D eigenvalue weighted by atomic mass is 9.91. The number of esters is 1. The van der Waals surface area contributed by atoms with Crippen LogP contribution in [-0.4, -0.2) is 25.3 Å². The van der Waals surface area contributed by atoms with Crippen molar-refractivity contribution < 1.29 is 14.3 Å². The summed E-state index contributed by atoms with van der Waals surface area (Å²) >= 11 is 0. The summed E-state index contributed by atoms with van der Waals surface area (Å²) in [4.78, 5) is 11.9. The molecule has 1 aliphatic rings. The van der Waals surface area contributed by atoms with Crippen molar-refractivity contribution in [1.82, 2.24) is 0 Å². The van der Waals surface area contributed by atoms with Crippen LogP contribution >= 0.6 is 0 Å². The van der Waals surface area contributed by atoms with Gasteiger partial charge in [-0.3, -0.25) is 4.79 Å². The van der Waals surface area contributed by atoms with E-state index in [0.29, 0.717) is 13.0 Å². The Labute approximate surface area is 146 Å². The lowest BCUT2D eigenvalue weighted by Gasteiger charge is -2.22. The molecule has 0 spiro atoms. The molecule has 132 valence electrons. The van der Waals surface area contributed by atoms with Gasteiger partial charge < -0.3 is 9.47 Å². The summed E-state index contributed by atoms with van der Waals surface area (Å²) in [5, 5.41) is 0. The average molecular weight is 330 g/mol. The van der Waals surface area contributed by atoms with Gasteiger partial charge in [0.2, 0.25) is 0 Å². The van der Waals surface area contributed by atoms with E-state index in [9.17, 15) is 4.79 Å². The summed E-state index contributed by atoms with van der Waals surface area (Å²) in [5.41, 5.74) is 3.92. The van der Waals surface area contributed by atoms with Crippen LogP contribution in [0.1, 0.15) is 63.0 Å². The summed E-state index contributed by atoms with van der Waals surface area (Å²) in [7, 11) is 0. The SMILES string of the molecule is CCCCCOCCC(=O)OC1CC=C(c2ccc(C)cc2)CC1. The first-order chi connectivity index (χ1) is 11.7. The predicted octanol–water partition coefficient (Wildman–Crippen LogP) is 5.07. The van der Waals surface area contributed by atoms with E-state index >= 15 is 0 Å². The number of carbonyl (C=O) groups is 1. The van der Waals surface area contributed by atoms with Crippen molar-refractivity contribution >= 4 is 11.5 Å². The molecule has 0 fully saturated rings. The second kappa shape index (κ2) is 10.3. The number of aryl methyl sites for hydroxylation is 1. The molecule has 0 aromatic heterocycles. The van der Waals surface area contributed by atoms with Crippen LogP contribution in [0.3, 0.4) is 0 Å². The molecule has 1 unspecified atom stereocenters. The molecule has 0 heterocycles. The topological polar surface area (TPSA) is 35.5 Å². The monoisotopic (exact) mass is 330 g/mol. The highest BCUT2D eigenvalue weighted by molar-refractivity contribution is 5.70. The Kier molecular flexibility index (Phi) is 8.03. The third-order valence-electron chi connectivity index (χ3n) is 4.43. The van der Waals surface area contributed by atoms with Gasteiger partial charge in [0.15, 0.2) is 0 Å². The van der Waals surface area contributed by atoms with E-state index in [-0.39, 0.29) is 12.1 Å². The second-order valence-corrected chi connectivity index (χ2v) is 6.55. The summed E-state index contributed by atoms with van der Waals surface area (Å²) < 4.78 is 11.0. The Morgan fingerprint density at radius 3 is 2.62 bits per heavy atom. The van der Waals surface area contributed by atoms with Crippen LogP contribution < -0.4 is 0 Å². The van der Waals surface area contributed by atoms with Crippen molar-refractivity contribution in [2.24, 2.45) is 0 Å². The molecule has 3 nitrogen and oxygen atoms in total. The van der Waals surface area contributed by atoms with E-state index in [1.54, 1.807) is 0 Å². The lowest BCUT2D eigenvalue weighted by Crippen LogP contribution is -2.21. The molecule has 1 aromatic carbocycles. The van der Waals surface area contributed by atoms with E-state index < -0.39 is 0 Å². The van der Waals surface area contributed by atoms with Crippen molar-refractivity contribution in [3.05, 3.63) is 41.5 Å². The Bertz CT molecular complexity index is 531. The molecule has 3 heteroatoms. The van der Waals surface area contributed by atoms with Crippen molar-refractivity contribution in [3.8, 4) is 0 Å². The fourth-order valence-electron chi connectivity index (χ4n) is 2.90. The molecular weight excluding hydrogens is 300 g/mol. The molecule has 0 saturated carbocycles. The molecule has 1 atom stereocenters. The van der Waals surface area contributed by atoms with Gasteiger partial charge in [-0.05, 0) is 37.3 Å². The molecule has 24 heavy (non-hydrogen) atoms. The summed E-state index contributed by atoms with van der Waals surface area (Å²) in [5.74, 6) is -0.136. The lowest BCUT2D eigenvalue weighted by molar-refractivity contribution is -0.150. The van der Waals surface area contributed by atoms with E-state index in [1.807, 2.05) is 0 Å². The van der Waals surface area contributed by atoms with Crippen molar-refractivity contribution in [3.63, 3.8) is 0 Å². The molecule has 0 N–H and O–H groups in total. The minimum atomic E-state index is -0.136. The molecule has 2 rings (SSSR count). The first kappa shape index (κ1) is 18.7. The quantitative estimate of drug-likeness (QED) is 0.468. The number of benzene rings is 1. The van der Waals surface area contributed by atoms with Gasteiger partial charge in [0.25, 0.3) is 0 Å². The third-order valence-corrected chi connectivity index (χ3v) is 4.43. The number of carbonyl (C=O) groups excluding carboxylic acids is 1. The number of unbranched alkanes of at least 4 members (excludes halogenated alkanes) is 2. The first-order valence-corrected chi connectivity index (χ1v) is 9.22. The van der Waals surface area contributed by atoms with Crippen molar-refractivity contribution in [2.45, 2.75) is 64.9 Å².